The number of cyclic esters (lactones) is 1. The number of carboxylic acids is 1. The van der Waals surface area contributed by atoms with E-state index in [4.69, 9.17) is 26.2 Å². The zero-order chi connectivity index (χ0) is 26.9. The maximum atomic E-state index is 12.5. The fourth-order valence-corrected chi connectivity index (χ4v) is 4.07. The Hall–Kier alpha value is -4.18. The SMILES string of the molecule is Cn1cc(-c2nsc(Nc3ccc4[nH]ncc4c3Cl)n2)cc(N2CCOC2=O)c1=O.O=C(O)C(F)(F)F. The zero-order valence-electron chi connectivity index (χ0n) is 18.5. The predicted molar refractivity (Wildman–Crippen MR) is 127 cm³/mol. The molecule has 194 valence electrons. The molecular weight excluding hydrogens is 543 g/mol. The summed E-state index contributed by atoms with van der Waals surface area (Å²) in [5.41, 5.74) is 2.05. The molecule has 0 radical (unpaired) electrons. The van der Waals surface area contributed by atoms with E-state index >= 15 is 0 Å². The molecule has 37 heavy (non-hydrogen) atoms. The fraction of sp³-hybridized carbons (Fsp3) is 0.200. The van der Waals surface area contributed by atoms with Crippen molar-refractivity contribution in [3.63, 3.8) is 0 Å². The molecule has 5 rings (SSSR count). The number of hydrogen-bond acceptors (Lipinski definition) is 9. The Morgan fingerprint density at radius 1 is 1.32 bits per heavy atom. The second-order valence-corrected chi connectivity index (χ2v) is 8.54. The number of carbonyl (C=O) groups excluding carboxylic acids is 1. The molecule has 1 aliphatic rings. The van der Waals surface area contributed by atoms with Crippen molar-refractivity contribution in [1.82, 2.24) is 24.1 Å². The minimum atomic E-state index is -5.08. The smallest absolute Gasteiger partial charge is 0.475 e. The maximum Gasteiger partial charge on any atom is 0.490 e. The minimum absolute atomic E-state index is 0.232. The van der Waals surface area contributed by atoms with Crippen LogP contribution in [0.25, 0.3) is 22.3 Å². The average Bonchev–Trinajstić information content (AvgIpc) is 3.59. The number of anilines is 3. The summed E-state index contributed by atoms with van der Waals surface area (Å²) >= 11 is 7.61. The molecule has 1 amide bonds. The molecule has 17 heteroatoms. The number of benzene rings is 1. The van der Waals surface area contributed by atoms with Gasteiger partial charge in [0.15, 0.2) is 5.82 Å². The quantitative estimate of drug-likeness (QED) is 0.340. The number of rotatable bonds is 4. The van der Waals surface area contributed by atoms with Gasteiger partial charge in [-0.2, -0.15) is 27.6 Å². The highest BCUT2D eigenvalue weighted by Gasteiger charge is 2.38. The second kappa shape index (κ2) is 10.1. The first-order valence-electron chi connectivity index (χ1n) is 10.1. The van der Waals surface area contributed by atoms with Crippen LogP contribution >= 0.6 is 23.1 Å². The first kappa shape index (κ1) is 25.9. The summed E-state index contributed by atoms with van der Waals surface area (Å²) in [5.74, 6) is -2.33. The van der Waals surface area contributed by atoms with Crippen LogP contribution in [0.1, 0.15) is 0 Å². The lowest BCUT2D eigenvalue weighted by molar-refractivity contribution is -0.192. The normalized spacial score (nSPS) is 13.3. The fourth-order valence-electron chi connectivity index (χ4n) is 3.21. The zero-order valence-corrected chi connectivity index (χ0v) is 20.1. The number of ether oxygens (including phenoxy) is 1. The van der Waals surface area contributed by atoms with E-state index in [2.05, 4.69) is 24.9 Å². The second-order valence-electron chi connectivity index (χ2n) is 7.41. The highest BCUT2D eigenvalue weighted by atomic mass is 35.5. The first-order chi connectivity index (χ1) is 17.5. The van der Waals surface area contributed by atoms with Crippen LogP contribution in [0.2, 0.25) is 5.02 Å². The van der Waals surface area contributed by atoms with Gasteiger partial charge in [-0.05, 0) is 18.2 Å². The minimum Gasteiger partial charge on any atom is -0.475 e. The average molecular weight is 558 g/mol. The van der Waals surface area contributed by atoms with Crippen LogP contribution in [-0.4, -0.2) is 60.6 Å². The molecule has 1 aliphatic heterocycles. The molecule has 4 aromatic rings. The van der Waals surface area contributed by atoms with Gasteiger partial charge >= 0.3 is 18.2 Å². The van der Waals surface area contributed by atoms with Crippen molar-refractivity contribution in [3.05, 3.63) is 46.0 Å². The number of aromatic amines is 1. The summed E-state index contributed by atoms with van der Waals surface area (Å²) in [7, 11) is 1.61. The number of aryl methyl sites for hydroxylation is 1. The number of nitrogens with zero attached hydrogens (tertiary/aromatic N) is 5. The molecule has 0 spiro atoms. The Morgan fingerprint density at radius 3 is 2.70 bits per heavy atom. The third-order valence-corrected chi connectivity index (χ3v) is 5.98. The summed E-state index contributed by atoms with van der Waals surface area (Å²) in [6, 6.07) is 5.30. The molecule has 0 unspecified atom stereocenters. The van der Waals surface area contributed by atoms with Gasteiger partial charge in [0.1, 0.15) is 12.3 Å². The lowest BCUT2D eigenvalue weighted by Crippen LogP contribution is -2.32. The molecule has 1 saturated heterocycles. The standard InChI is InChI=1S/C18H14ClN7O3S.C2HF3O2/c1-25-8-9(6-13(16(25)27)26-4-5-29-18(26)28)15-22-17(30-24-15)21-12-3-2-11-10(14(12)19)7-20-23-11;3-2(4,5)1(6)7/h2-3,6-8H,4-5H2,1H3,(H,20,23)(H,21,22,24);(H,6,7). The van der Waals surface area contributed by atoms with Gasteiger partial charge < -0.3 is 19.7 Å². The van der Waals surface area contributed by atoms with Crippen LogP contribution < -0.4 is 15.8 Å². The number of pyridine rings is 1. The van der Waals surface area contributed by atoms with E-state index in [1.54, 1.807) is 25.5 Å². The molecule has 1 aromatic carbocycles. The highest BCUT2D eigenvalue weighted by Crippen LogP contribution is 2.33. The lowest BCUT2D eigenvalue weighted by atomic mass is 10.2. The predicted octanol–water partition coefficient (Wildman–Crippen LogP) is 3.77. The van der Waals surface area contributed by atoms with Gasteiger partial charge in [0.2, 0.25) is 5.13 Å². The molecule has 4 heterocycles. The van der Waals surface area contributed by atoms with Crippen LogP contribution in [0.3, 0.4) is 0 Å². The van der Waals surface area contributed by atoms with Crippen molar-refractivity contribution >= 4 is 62.6 Å². The molecule has 12 nitrogen and oxygen atoms in total. The number of halogens is 4. The largest absolute Gasteiger partial charge is 0.490 e. The van der Waals surface area contributed by atoms with Crippen LogP contribution in [0.4, 0.5) is 34.5 Å². The summed E-state index contributed by atoms with van der Waals surface area (Å²) in [6.07, 6.45) is -2.34. The molecule has 1 fully saturated rings. The number of aromatic nitrogens is 5. The number of fused-ring (bicyclic) bond motifs is 1. The van der Waals surface area contributed by atoms with Crippen LogP contribution in [0.5, 0.6) is 0 Å². The number of hydrogen-bond donors (Lipinski definition) is 3. The van der Waals surface area contributed by atoms with Gasteiger partial charge in [-0.15, -0.1) is 0 Å². The Bertz CT molecular complexity index is 1550. The summed E-state index contributed by atoms with van der Waals surface area (Å²) < 4.78 is 42.5. The van der Waals surface area contributed by atoms with E-state index in [1.807, 2.05) is 12.1 Å². The van der Waals surface area contributed by atoms with Crippen molar-refractivity contribution < 1.29 is 32.6 Å². The Labute approximate surface area is 213 Å². The third-order valence-electron chi connectivity index (χ3n) is 4.94. The topological polar surface area (TPSA) is 155 Å². The number of aliphatic carboxylic acids is 1. The number of alkyl halides is 3. The van der Waals surface area contributed by atoms with Crippen LogP contribution in [-0.2, 0) is 16.6 Å². The monoisotopic (exact) mass is 557 g/mol. The molecule has 0 bridgehead atoms. The molecule has 0 atom stereocenters. The van der Waals surface area contributed by atoms with Crippen molar-refractivity contribution in [2.75, 3.05) is 23.4 Å². The van der Waals surface area contributed by atoms with E-state index in [0.717, 1.165) is 22.4 Å². The number of nitrogens with one attached hydrogen (secondary N) is 2. The molecule has 3 N–H and O–H groups in total. The van der Waals surface area contributed by atoms with E-state index in [-0.39, 0.29) is 17.9 Å². The number of H-pyrrole nitrogens is 1. The molecule has 0 aliphatic carbocycles. The van der Waals surface area contributed by atoms with Crippen molar-refractivity contribution in [3.8, 4) is 11.4 Å². The summed E-state index contributed by atoms with van der Waals surface area (Å²) in [5, 5.41) is 19.0. The summed E-state index contributed by atoms with van der Waals surface area (Å²) in [4.78, 5) is 39.1. The van der Waals surface area contributed by atoms with Gasteiger partial charge in [-0.3, -0.25) is 14.8 Å². The first-order valence-corrected chi connectivity index (χ1v) is 11.3. The molecule has 3 aromatic heterocycles. The van der Waals surface area contributed by atoms with Crippen LogP contribution in [0.15, 0.2) is 35.4 Å². The van der Waals surface area contributed by atoms with Gasteiger partial charge in [-0.25, -0.2) is 9.59 Å². The van der Waals surface area contributed by atoms with E-state index in [1.165, 1.54) is 9.47 Å². The number of amides is 1. The Morgan fingerprint density at radius 2 is 2.05 bits per heavy atom. The Kier molecular flexibility index (Phi) is 7.04. The van der Waals surface area contributed by atoms with Crippen LogP contribution in [0, 0.1) is 0 Å². The van der Waals surface area contributed by atoms with Gasteiger partial charge in [-0.1, -0.05) is 11.6 Å². The maximum absolute atomic E-state index is 12.5. The van der Waals surface area contributed by atoms with E-state index < -0.39 is 18.2 Å². The van der Waals surface area contributed by atoms with Gasteiger partial charge in [0.05, 0.1) is 29.0 Å². The summed E-state index contributed by atoms with van der Waals surface area (Å²) in [6.45, 7) is 0.570. The van der Waals surface area contributed by atoms with Crippen molar-refractivity contribution in [1.29, 1.82) is 0 Å². The third kappa shape index (κ3) is 5.49. The van der Waals surface area contributed by atoms with E-state index in [0.29, 0.717) is 33.8 Å². The number of carboxylic acid groups (broad SMARTS) is 1. The van der Waals surface area contributed by atoms with Gasteiger partial charge in [0, 0.05) is 35.7 Å². The Balaban J connectivity index is 0.000000405. The van der Waals surface area contributed by atoms with E-state index in [9.17, 15) is 22.8 Å². The molecular formula is C20H15ClF3N7O5S. The number of carbonyl (C=O) groups is 2. The van der Waals surface area contributed by atoms with Gasteiger partial charge in [0.25, 0.3) is 5.56 Å². The lowest BCUT2D eigenvalue weighted by Gasteiger charge is -2.14. The molecule has 0 saturated carbocycles. The van der Waals surface area contributed by atoms with Crippen molar-refractivity contribution in [2.45, 2.75) is 6.18 Å². The van der Waals surface area contributed by atoms with Crippen molar-refractivity contribution in [2.24, 2.45) is 7.05 Å². The highest BCUT2D eigenvalue weighted by molar-refractivity contribution is 7.10.